The van der Waals surface area contributed by atoms with Gasteiger partial charge in [-0.25, -0.2) is 0 Å². The molecule has 1 aliphatic carbocycles. The van der Waals surface area contributed by atoms with E-state index >= 15 is 0 Å². The molecule has 268 valence electrons. The molecular weight excluding hydrogens is 689 g/mol. The van der Waals surface area contributed by atoms with Crippen molar-refractivity contribution >= 4 is 54.4 Å². The number of fused-ring (bicyclic) bond motifs is 11. The predicted molar refractivity (Wildman–Crippen MR) is 241 cm³/mol. The van der Waals surface area contributed by atoms with Gasteiger partial charge in [0.2, 0.25) is 0 Å². The lowest BCUT2D eigenvalue weighted by atomic mass is 9.82. The van der Waals surface area contributed by atoms with E-state index in [9.17, 15) is 0 Å². The van der Waals surface area contributed by atoms with Gasteiger partial charge in [0.15, 0.2) is 0 Å². The fourth-order valence-electron chi connectivity index (χ4n) is 10.0. The van der Waals surface area contributed by atoms with E-state index in [0.29, 0.717) is 0 Å². The maximum atomic E-state index is 2.50. The van der Waals surface area contributed by atoms with Crippen molar-refractivity contribution in [3.63, 3.8) is 0 Å². The second-order valence-electron chi connectivity index (χ2n) is 16.1. The van der Waals surface area contributed by atoms with Gasteiger partial charge in [-0.05, 0) is 104 Å². The minimum absolute atomic E-state index is 0.0272. The Kier molecular flexibility index (Phi) is 6.72. The van der Waals surface area contributed by atoms with E-state index in [1.165, 1.54) is 105 Å². The van der Waals surface area contributed by atoms with E-state index in [-0.39, 0.29) is 5.41 Å². The minimum atomic E-state index is -0.0272. The third-order valence-corrected chi connectivity index (χ3v) is 12.7. The predicted octanol–water partition coefficient (Wildman–Crippen LogP) is 14.7. The summed E-state index contributed by atoms with van der Waals surface area (Å²) in [6, 6.07) is 71.8. The molecule has 0 fully saturated rings. The summed E-state index contributed by atoms with van der Waals surface area (Å²) in [6.45, 7) is 4.70. The average molecular weight is 727 g/mol. The van der Waals surface area contributed by atoms with Gasteiger partial charge < -0.3 is 9.13 Å². The number of benzene rings is 9. The molecule has 0 saturated carbocycles. The molecule has 2 aromatic heterocycles. The molecule has 1 aliphatic rings. The van der Waals surface area contributed by atoms with Crippen molar-refractivity contribution < 1.29 is 0 Å². The molecule has 2 heterocycles. The number of nitrogens with zero attached hydrogens (tertiary/aromatic N) is 2. The molecule has 2 nitrogen and oxygen atoms in total. The Morgan fingerprint density at radius 2 is 0.912 bits per heavy atom. The van der Waals surface area contributed by atoms with Crippen LogP contribution in [-0.2, 0) is 5.41 Å². The minimum Gasteiger partial charge on any atom is -0.309 e. The van der Waals surface area contributed by atoms with Gasteiger partial charge in [0.25, 0.3) is 0 Å². The van der Waals surface area contributed by atoms with Crippen molar-refractivity contribution in [1.82, 2.24) is 9.13 Å². The van der Waals surface area contributed by atoms with Crippen LogP contribution < -0.4 is 0 Å². The van der Waals surface area contributed by atoms with E-state index < -0.39 is 0 Å². The van der Waals surface area contributed by atoms with Gasteiger partial charge in [-0.15, -0.1) is 0 Å². The lowest BCUT2D eigenvalue weighted by Gasteiger charge is -2.21. The van der Waals surface area contributed by atoms with Gasteiger partial charge in [-0.1, -0.05) is 153 Å². The van der Waals surface area contributed by atoms with Gasteiger partial charge in [-0.2, -0.15) is 0 Å². The molecule has 0 amide bonds. The highest BCUT2D eigenvalue weighted by molar-refractivity contribution is 6.29. The summed E-state index contributed by atoms with van der Waals surface area (Å²) in [6.07, 6.45) is 0. The highest BCUT2D eigenvalue weighted by Crippen LogP contribution is 2.50. The van der Waals surface area contributed by atoms with Gasteiger partial charge in [0.1, 0.15) is 0 Å². The zero-order valence-corrected chi connectivity index (χ0v) is 31.9. The molecule has 9 aromatic carbocycles. The summed E-state index contributed by atoms with van der Waals surface area (Å²) in [5.74, 6) is 0. The van der Waals surface area contributed by atoms with Crippen LogP contribution in [0.25, 0.3) is 99.1 Å². The summed E-state index contributed by atoms with van der Waals surface area (Å²) >= 11 is 0. The molecular formula is C55H38N2. The molecule has 11 aromatic rings. The van der Waals surface area contributed by atoms with Crippen LogP contribution >= 0.6 is 0 Å². The maximum absolute atomic E-state index is 2.50. The van der Waals surface area contributed by atoms with Crippen LogP contribution in [0.3, 0.4) is 0 Å². The van der Waals surface area contributed by atoms with Gasteiger partial charge in [0.05, 0.1) is 27.8 Å². The first-order valence-electron chi connectivity index (χ1n) is 19.9. The first kappa shape index (κ1) is 32.1. The Balaban J connectivity index is 1.06. The van der Waals surface area contributed by atoms with Crippen molar-refractivity contribution in [3.05, 3.63) is 205 Å². The van der Waals surface area contributed by atoms with Crippen molar-refractivity contribution in [2.24, 2.45) is 0 Å². The van der Waals surface area contributed by atoms with Crippen LogP contribution in [0, 0.1) is 0 Å². The number of aromatic nitrogens is 2. The fraction of sp³-hybridized carbons (Fsp3) is 0.0545. The first-order chi connectivity index (χ1) is 28.0. The Hall–Kier alpha value is -7.16. The molecule has 0 bridgehead atoms. The summed E-state index contributed by atoms with van der Waals surface area (Å²) in [5, 5.41) is 7.60. The Morgan fingerprint density at radius 3 is 1.68 bits per heavy atom. The summed E-state index contributed by atoms with van der Waals surface area (Å²) < 4.78 is 4.94. The highest BCUT2D eigenvalue weighted by atomic mass is 15.0. The molecule has 57 heavy (non-hydrogen) atoms. The largest absolute Gasteiger partial charge is 0.309 e. The fourth-order valence-corrected chi connectivity index (χ4v) is 10.0. The molecule has 0 spiro atoms. The smallest absolute Gasteiger partial charge is 0.0549 e. The van der Waals surface area contributed by atoms with Crippen LogP contribution in [0.2, 0.25) is 0 Å². The number of para-hydroxylation sites is 3. The average Bonchev–Trinajstić information content (AvgIpc) is 3.86. The SMILES string of the molecule is CC1(C)c2ccccc2-c2cc(-c3ccccc3-n3c4ccccc4c4c5c6ccccc6n(-c6ccc(-c7ccc8ccccc8c7)cc6)c5ccc43)ccc21. The second-order valence-corrected chi connectivity index (χ2v) is 16.1. The zero-order chi connectivity index (χ0) is 37.8. The van der Waals surface area contributed by atoms with E-state index in [4.69, 9.17) is 0 Å². The lowest BCUT2D eigenvalue weighted by Crippen LogP contribution is -2.14. The summed E-state index contributed by atoms with van der Waals surface area (Å²) in [7, 11) is 0. The van der Waals surface area contributed by atoms with Crippen LogP contribution in [-0.4, -0.2) is 9.13 Å². The highest BCUT2D eigenvalue weighted by Gasteiger charge is 2.35. The standard InChI is InChI=1S/C55H38N2/c1-55(2)46-19-9-5-16-42(46)45-34-39(27-30-47(45)55)41-15-6-10-20-48(41)57-50-22-12-8-18-44(50)54-52(57)32-31-51-53(54)43-17-7-11-21-49(43)56(51)40-28-25-36(26-29-40)38-24-23-35-13-3-4-14-37(35)33-38/h3-34H,1-2H3. The molecule has 2 heteroatoms. The van der Waals surface area contributed by atoms with E-state index in [2.05, 4.69) is 217 Å². The molecule has 0 atom stereocenters. The molecule has 0 N–H and O–H groups in total. The second kappa shape index (κ2) is 11.9. The number of rotatable bonds is 4. The summed E-state index contributed by atoms with van der Waals surface area (Å²) in [4.78, 5) is 0. The third kappa shape index (κ3) is 4.59. The Bertz CT molecular complexity index is 3430. The van der Waals surface area contributed by atoms with Crippen LogP contribution in [0.5, 0.6) is 0 Å². The van der Waals surface area contributed by atoms with E-state index in [0.717, 1.165) is 5.69 Å². The topological polar surface area (TPSA) is 9.86 Å². The molecule has 0 unspecified atom stereocenters. The number of hydrogen-bond donors (Lipinski definition) is 0. The van der Waals surface area contributed by atoms with Crippen LogP contribution in [0.1, 0.15) is 25.0 Å². The molecule has 0 radical (unpaired) electrons. The summed E-state index contributed by atoms with van der Waals surface area (Å²) in [5.41, 5.74) is 17.5. The lowest BCUT2D eigenvalue weighted by molar-refractivity contribution is 0.660. The van der Waals surface area contributed by atoms with Crippen LogP contribution in [0.4, 0.5) is 0 Å². The van der Waals surface area contributed by atoms with Crippen molar-refractivity contribution in [3.8, 4) is 44.8 Å². The maximum Gasteiger partial charge on any atom is 0.0549 e. The first-order valence-corrected chi connectivity index (χ1v) is 19.9. The molecule has 12 rings (SSSR count). The van der Waals surface area contributed by atoms with Gasteiger partial charge >= 0.3 is 0 Å². The van der Waals surface area contributed by atoms with E-state index in [1.54, 1.807) is 0 Å². The van der Waals surface area contributed by atoms with Gasteiger partial charge in [-0.3, -0.25) is 0 Å². The van der Waals surface area contributed by atoms with Crippen molar-refractivity contribution in [2.45, 2.75) is 19.3 Å². The molecule has 0 aliphatic heterocycles. The van der Waals surface area contributed by atoms with E-state index in [1.807, 2.05) is 0 Å². The van der Waals surface area contributed by atoms with Crippen molar-refractivity contribution in [1.29, 1.82) is 0 Å². The Morgan fingerprint density at radius 1 is 0.351 bits per heavy atom. The Labute approximate surface area is 331 Å². The third-order valence-electron chi connectivity index (χ3n) is 12.7. The van der Waals surface area contributed by atoms with Crippen molar-refractivity contribution in [2.75, 3.05) is 0 Å². The monoisotopic (exact) mass is 726 g/mol. The molecule has 0 saturated heterocycles. The normalized spacial score (nSPS) is 13.2. The van der Waals surface area contributed by atoms with Crippen LogP contribution in [0.15, 0.2) is 194 Å². The van der Waals surface area contributed by atoms with Gasteiger partial charge in [0, 0.05) is 38.2 Å². The quantitative estimate of drug-likeness (QED) is 0.171. The number of hydrogen-bond acceptors (Lipinski definition) is 0. The zero-order valence-electron chi connectivity index (χ0n) is 31.9.